The van der Waals surface area contributed by atoms with E-state index in [1.807, 2.05) is 0 Å². The second-order valence-electron chi connectivity index (χ2n) is 2.73. The van der Waals surface area contributed by atoms with Crippen LogP contribution in [0.3, 0.4) is 0 Å². The predicted octanol–water partition coefficient (Wildman–Crippen LogP) is 2.68. The quantitative estimate of drug-likeness (QED) is 0.581. The highest BCUT2D eigenvalue weighted by atomic mass is 19.2. The first-order valence-corrected chi connectivity index (χ1v) is 3.57. The fourth-order valence-electron chi connectivity index (χ4n) is 1.07. The molecule has 0 spiro atoms. The molecule has 1 aliphatic carbocycles. The molecule has 0 saturated heterocycles. The van der Waals surface area contributed by atoms with Crippen molar-refractivity contribution in [1.82, 2.24) is 0 Å². The molecule has 0 aromatic heterocycles. The van der Waals surface area contributed by atoms with Crippen molar-refractivity contribution in [2.24, 2.45) is 0 Å². The Hall–Kier alpha value is -0.920. The van der Waals surface area contributed by atoms with Gasteiger partial charge in [0, 0.05) is 5.92 Å². The Balaban J connectivity index is 2.36. The topological polar surface area (TPSA) is 0 Å². The third kappa shape index (κ3) is 1.25. The van der Waals surface area contributed by atoms with Gasteiger partial charge in [-0.2, -0.15) is 0 Å². The maximum atomic E-state index is 12.6. The average Bonchev–Trinajstić information content (AvgIpc) is 2.77. The van der Waals surface area contributed by atoms with Gasteiger partial charge in [0.25, 0.3) is 0 Å². The second-order valence-corrected chi connectivity index (χ2v) is 2.73. The summed E-state index contributed by atoms with van der Waals surface area (Å²) in [7, 11) is 0. The average molecular weight is 153 g/mol. The Kier molecular flexibility index (Phi) is 1.41. The van der Waals surface area contributed by atoms with Crippen molar-refractivity contribution < 1.29 is 8.78 Å². The Morgan fingerprint density at radius 3 is 2.27 bits per heavy atom. The number of benzene rings is 1. The molecule has 0 aliphatic heterocycles. The lowest BCUT2D eigenvalue weighted by molar-refractivity contribution is 0.508. The van der Waals surface area contributed by atoms with Crippen LogP contribution in [-0.4, -0.2) is 0 Å². The van der Waals surface area contributed by atoms with E-state index < -0.39 is 11.6 Å². The molecule has 1 aromatic carbocycles. The molecule has 1 saturated carbocycles. The minimum Gasteiger partial charge on any atom is -0.204 e. The van der Waals surface area contributed by atoms with Gasteiger partial charge in [0.1, 0.15) is 0 Å². The van der Waals surface area contributed by atoms with Gasteiger partial charge in [-0.05, 0) is 30.5 Å². The van der Waals surface area contributed by atoms with Crippen LogP contribution in [-0.2, 0) is 0 Å². The lowest BCUT2D eigenvalue weighted by Crippen LogP contribution is -1.86. The highest BCUT2D eigenvalue weighted by molar-refractivity contribution is 5.37. The summed E-state index contributed by atoms with van der Waals surface area (Å²) in [5.41, 5.74) is 0.851. The highest BCUT2D eigenvalue weighted by Crippen LogP contribution is 2.38. The molecule has 1 aromatic rings. The third-order valence-corrected chi connectivity index (χ3v) is 1.83. The number of halogens is 2. The van der Waals surface area contributed by atoms with Crippen LogP contribution in [0.15, 0.2) is 18.2 Å². The number of rotatable bonds is 1. The summed E-state index contributed by atoms with van der Waals surface area (Å²) in [5, 5.41) is 0. The summed E-state index contributed by atoms with van der Waals surface area (Å²) < 4.78 is 25.0. The van der Waals surface area contributed by atoms with Gasteiger partial charge in [0.15, 0.2) is 11.6 Å². The molecule has 0 unspecified atom stereocenters. The van der Waals surface area contributed by atoms with Gasteiger partial charge >= 0.3 is 0 Å². The van der Waals surface area contributed by atoms with E-state index in [0.717, 1.165) is 18.4 Å². The zero-order valence-corrected chi connectivity index (χ0v) is 5.90. The third-order valence-electron chi connectivity index (χ3n) is 1.83. The van der Waals surface area contributed by atoms with E-state index in [4.69, 9.17) is 0 Å². The van der Waals surface area contributed by atoms with Crippen LogP contribution in [0.4, 0.5) is 8.78 Å². The molecule has 1 radical (unpaired) electrons. The first kappa shape index (κ1) is 6.77. The van der Waals surface area contributed by atoms with Crippen LogP contribution < -0.4 is 0 Å². The minimum absolute atomic E-state index is 0.748. The van der Waals surface area contributed by atoms with Gasteiger partial charge in [-0.15, -0.1) is 0 Å². The fraction of sp³-hybridized carbons (Fsp3) is 0.222. The first-order valence-electron chi connectivity index (χ1n) is 3.57. The lowest BCUT2D eigenvalue weighted by atomic mass is 10.1. The molecule has 11 heavy (non-hydrogen) atoms. The molecule has 2 heteroatoms. The van der Waals surface area contributed by atoms with Crippen molar-refractivity contribution in [2.45, 2.75) is 12.8 Å². The zero-order chi connectivity index (χ0) is 7.84. The summed E-state index contributed by atoms with van der Waals surface area (Å²) in [6, 6.07) is 4.06. The monoisotopic (exact) mass is 153 g/mol. The van der Waals surface area contributed by atoms with Crippen LogP contribution in [0, 0.1) is 17.6 Å². The Labute approximate surface area is 63.9 Å². The molecular weight excluding hydrogens is 146 g/mol. The van der Waals surface area contributed by atoms with Crippen molar-refractivity contribution in [3.8, 4) is 0 Å². The van der Waals surface area contributed by atoms with Crippen molar-refractivity contribution >= 4 is 0 Å². The molecule has 2 rings (SSSR count). The van der Waals surface area contributed by atoms with Crippen LogP contribution in [0.2, 0.25) is 0 Å². The number of hydrogen-bond donors (Lipinski definition) is 0. The van der Waals surface area contributed by atoms with E-state index in [1.54, 1.807) is 6.07 Å². The van der Waals surface area contributed by atoms with E-state index in [2.05, 4.69) is 0 Å². The van der Waals surface area contributed by atoms with Gasteiger partial charge in [-0.3, -0.25) is 0 Å². The van der Waals surface area contributed by atoms with E-state index in [-0.39, 0.29) is 0 Å². The summed E-state index contributed by atoms with van der Waals surface area (Å²) in [5.74, 6) is -0.291. The summed E-state index contributed by atoms with van der Waals surface area (Å²) in [6.45, 7) is 0. The summed E-state index contributed by atoms with van der Waals surface area (Å²) in [4.78, 5) is 0. The molecule has 0 N–H and O–H groups in total. The smallest absolute Gasteiger partial charge is 0.159 e. The zero-order valence-electron chi connectivity index (χ0n) is 5.90. The standard InChI is InChI=1S/C9H7F2/c10-8-4-3-7(5-9(8)11)6-1-2-6/h3-5H,1-2H2. The Morgan fingerprint density at radius 2 is 1.73 bits per heavy atom. The van der Waals surface area contributed by atoms with Crippen LogP contribution in [0.25, 0.3) is 0 Å². The van der Waals surface area contributed by atoms with Crippen molar-refractivity contribution in [3.63, 3.8) is 0 Å². The molecule has 0 nitrogen and oxygen atoms in total. The maximum absolute atomic E-state index is 12.6. The lowest BCUT2D eigenvalue weighted by Gasteiger charge is -1.96. The van der Waals surface area contributed by atoms with Crippen molar-refractivity contribution in [3.05, 3.63) is 41.3 Å². The van der Waals surface area contributed by atoms with Gasteiger partial charge in [-0.25, -0.2) is 8.78 Å². The summed E-state index contributed by atoms with van der Waals surface area (Å²) >= 11 is 0. The van der Waals surface area contributed by atoms with Crippen molar-refractivity contribution in [2.75, 3.05) is 0 Å². The first-order chi connectivity index (χ1) is 5.27. The van der Waals surface area contributed by atoms with Crippen LogP contribution >= 0.6 is 0 Å². The van der Waals surface area contributed by atoms with Crippen LogP contribution in [0.1, 0.15) is 18.4 Å². The molecule has 1 aliphatic rings. The van der Waals surface area contributed by atoms with E-state index in [9.17, 15) is 8.78 Å². The summed E-state index contributed by atoms with van der Waals surface area (Å²) in [6.07, 6.45) is 2.07. The van der Waals surface area contributed by atoms with E-state index in [0.29, 0.717) is 0 Å². The van der Waals surface area contributed by atoms with E-state index in [1.165, 1.54) is 18.1 Å². The Morgan fingerprint density at radius 1 is 1.00 bits per heavy atom. The van der Waals surface area contributed by atoms with Crippen LogP contribution in [0.5, 0.6) is 0 Å². The van der Waals surface area contributed by atoms with Gasteiger partial charge in [-0.1, -0.05) is 6.07 Å². The fourth-order valence-corrected chi connectivity index (χ4v) is 1.07. The van der Waals surface area contributed by atoms with Gasteiger partial charge in [0.05, 0.1) is 0 Å². The number of hydrogen-bond acceptors (Lipinski definition) is 0. The second kappa shape index (κ2) is 2.29. The molecule has 0 bridgehead atoms. The SMILES string of the molecule is Fc1ccc([C]2CC2)cc1F. The molecule has 0 heterocycles. The maximum Gasteiger partial charge on any atom is 0.159 e. The molecule has 57 valence electrons. The van der Waals surface area contributed by atoms with Gasteiger partial charge < -0.3 is 0 Å². The normalized spacial score (nSPS) is 16.9. The van der Waals surface area contributed by atoms with Gasteiger partial charge in [0.2, 0.25) is 0 Å². The molecule has 0 amide bonds. The minimum atomic E-state index is -0.769. The van der Waals surface area contributed by atoms with E-state index >= 15 is 0 Å². The molecular formula is C9H7F2. The molecule has 1 fully saturated rings. The largest absolute Gasteiger partial charge is 0.204 e. The van der Waals surface area contributed by atoms with Crippen molar-refractivity contribution in [1.29, 1.82) is 0 Å². The molecule has 0 atom stereocenters. The highest BCUT2D eigenvalue weighted by Gasteiger charge is 2.24. The predicted molar refractivity (Wildman–Crippen MR) is 37.9 cm³/mol. The Bertz CT molecular complexity index is 277.